The van der Waals surface area contributed by atoms with Gasteiger partial charge < -0.3 is 25.3 Å². The van der Waals surface area contributed by atoms with Gasteiger partial charge in [0.05, 0.1) is 17.6 Å². The summed E-state index contributed by atoms with van der Waals surface area (Å²) >= 11 is 0. The van der Waals surface area contributed by atoms with Crippen molar-refractivity contribution in [2.75, 3.05) is 6.54 Å². The molecule has 3 N–H and O–H groups in total. The Bertz CT molecular complexity index is 1160. The molecule has 0 unspecified atom stereocenters. The molecule has 1 aromatic carbocycles. The van der Waals surface area contributed by atoms with Crippen LogP contribution in [0, 0.1) is 30.1 Å². The first-order valence-electron chi connectivity index (χ1n) is 17.6. The van der Waals surface area contributed by atoms with Crippen molar-refractivity contribution in [1.82, 2.24) is 16.0 Å². The fraction of sp³-hybridized carbons (Fsp3) is 0.750. The lowest BCUT2D eigenvalue weighted by Gasteiger charge is -2.64. The molecule has 3 amide bonds. The number of carbonyl (C=O) groups is 3. The van der Waals surface area contributed by atoms with Crippen LogP contribution < -0.4 is 16.0 Å². The number of carbonyl (C=O) groups excluding carboxylic acids is 3. The molecule has 45 heavy (non-hydrogen) atoms. The summed E-state index contributed by atoms with van der Waals surface area (Å²) < 4.78 is 13.3. The van der Waals surface area contributed by atoms with E-state index in [0.717, 1.165) is 37.7 Å². The van der Waals surface area contributed by atoms with Gasteiger partial charge in [0.1, 0.15) is 6.04 Å². The summed E-state index contributed by atoms with van der Waals surface area (Å²) in [6.45, 7) is 15.2. The zero-order valence-electron chi connectivity index (χ0n) is 28.9. The largest absolute Gasteiger partial charge is 0.481 e. The second kappa shape index (κ2) is 15.5. The minimum atomic E-state index is -0.919. The van der Waals surface area contributed by atoms with Gasteiger partial charge in [-0.1, -0.05) is 90.8 Å². The predicted molar refractivity (Wildman–Crippen MR) is 180 cm³/mol. The Kier molecular flexibility index (Phi) is 12.2. The summed E-state index contributed by atoms with van der Waals surface area (Å²) in [6.07, 6.45) is 10.9. The van der Waals surface area contributed by atoms with Crippen molar-refractivity contribution in [3.63, 3.8) is 0 Å². The minimum absolute atomic E-state index is 0.0112. The normalized spacial score (nSPS) is 26.0. The predicted octanol–water partition coefficient (Wildman–Crippen LogP) is 6.15. The van der Waals surface area contributed by atoms with Crippen LogP contribution in [-0.2, 0) is 18.9 Å². The average Bonchev–Trinajstić information content (AvgIpc) is 3.35. The molecular formula is C36H58BN3O5. The van der Waals surface area contributed by atoms with E-state index < -0.39 is 13.2 Å². The van der Waals surface area contributed by atoms with Crippen molar-refractivity contribution in [2.45, 2.75) is 143 Å². The molecule has 9 heteroatoms. The third-order valence-electron chi connectivity index (χ3n) is 10.8. The molecule has 1 heterocycles. The van der Waals surface area contributed by atoms with Crippen LogP contribution in [0.3, 0.4) is 0 Å². The number of nitrogens with one attached hydrogen (secondary N) is 3. The van der Waals surface area contributed by atoms with E-state index in [2.05, 4.69) is 57.5 Å². The van der Waals surface area contributed by atoms with Gasteiger partial charge in [0.25, 0.3) is 5.91 Å². The fourth-order valence-corrected chi connectivity index (χ4v) is 7.82. The highest BCUT2D eigenvalue weighted by Crippen LogP contribution is 2.65. The van der Waals surface area contributed by atoms with Crippen molar-refractivity contribution in [3.8, 4) is 0 Å². The minimum Gasteiger partial charge on any atom is -0.404 e. The fourth-order valence-electron chi connectivity index (χ4n) is 7.82. The molecule has 1 saturated heterocycles. The summed E-state index contributed by atoms with van der Waals surface area (Å²) in [4.78, 5) is 39.8. The standard InChI is InChI=1S/C36H58BN3O5/c1-8-9-10-11-12-13-14-15-32(41)39-28(23-38-33(42)26-18-16-25(4)17-19-26)34(43)40-31(20-24(2)3)37-44-30-22-27-21-29(35(27,5)6)36(30,7)45-37/h16-19,24,27-31H,8-15,20-23H2,1-7H3,(H,38,42)(H,39,41)(H,40,43)/t27-,28+,29-,30-,31+,36+/m1/s1. The molecule has 0 aromatic heterocycles. The van der Waals surface area contributed by atoms with Crippen LogP contribution >= 0.6 is 0 Å². The third kappa shape index (κ3) is 8.71. The summed E-state index contributed by atoms with van der Waals surface area (Å²) in [7, 11) is -0.562. The number of hydrogen-bond acceptors (Lipinski definition) is 5. The Labute approximate surface area is 272 Å². The van der Waals surface area contributed by atoms with Crippen molar-refractivity contribution in [3.05, 3.63) is 35.4 Å². The smallest absolute Gasteiger partial charge is 0.404 e. The first-order chi connectivity index (χ1) is 21.3. The van der Waals surface area contributed by atoms with Crippen LogP contribution in [0.15, 0.2) is 24.3 Å². The number of benzene rings is 1. The monoisotopic (exact) mass is 623 g/mol. The van der Waals surface area contributed by atoms with E-state index in [1.165, 1.54) is 25.7 Å². The molecule has 3 saturated carbocycles. The van der Waals surface area contributed by atoms with Gasteiger partial charge in [-0.25, -0.2) is 0 Å². The van der Waals surface area contributed by atoms with Gasteiger partial charge in [0.15, 0.2) is 0 Å². The van der Waals surface area contributed by atoms with Gasteiger partial charge in [-0.3, -0.25) is 14.4 Å². The van der Waals surface area contributed by atoms with Crippen molar-refractivity contribution in [2.24, 2.45) is 23.2 Å². The van der Waals surface area contributed by atoms with Crippen LogP contribution in [0.25, 0.3) is 0 Å². The Balaban J connectivity index is 1.40. The number of hydrogen-bond donors (Lipinski definition) is 3. The molecule has 250 valence electrons. The molecule has 6 atom stereocenters. The maximum atomic E-state index is 13.9. The molecular weight excluding hydrogens is 565 g/mol. The van der Waals surface area contributed by atoms with E-state index in [1.807, 2.05) is 19.1 Å². The Morgan fingerprint density at radius 2 is 1.62 bits per heavy atom. The second-order valence-electron chi connectivity index (χ2n) is 15.1. The number of rotatable bonds is 17. The van der Waals surface area contributed by atoms with Gasteiger partial charge in [-0.15, -0.1) is 0 Å². The summed E-state index contributed by atoms with van der Waals surface area (Å²) in [6, 6.07) is 6.36. The summed E-state index contributed by atoms with van der Waals surface area (Å²) in [5.74, 6) is 0.162. The highest BCUT2D eigenvalue weighted by atomic mass is 16.7. The van der Waals surface area contributed by atoms with Crippen molar-refractivity contribution in [1.29, 1.82) is 0 Å². The maximum absolute atomic E-state index is 13.9. The molecule has 1 aliphatic heterocycles. The summed E-state index contributed by atoms with van der Waals surface area (Å²) in [5.41, 5.74) is 1.41. The summed E-state index contributed by atoms with van der Waals surface area (Å²) in [5, 5.41) is 8.99. The quantitative estimate of drug-likeness (QED) is 0.143. The van der Waals surface area contributed by atoms with E-state index in [4.69, 9.17) is 9.31 Å². The molecule has 4 aliphatic rings. The molecule has 5 rings (SSSR count). The Morgan fingerprint density at radius 1 is 0.956 bits per heavy atom. The molecule has 0 radical (unpaired) electrons. The van der Waals surface area contributed by atoms with Gasteiger partial charge in [-0.2, -0.15) is 0 Å². The molecule has 0 spiro atoms. The third-order valence-corrected chi connectivity index (χ3v) is 10.8. The van der Waals surface area contributed by atoms with Gasteiger partial charge in [0.2, 0.25) is 11.8 Å². The van der Waals surface area contributed by atoms with Crippen molar-refractivity contribution >= 4 is 24.8 Å². The number of aryl methyl sites for hydroxylation is 1. The Morgan fingerprint density at radius 3 is 2.27 bits per heavy atom. The van der Waals surface area contributed by atoms with Crippen LogP contribution in [0.5, 0.6) is 0 Å². The van der Waals surface area contributed by atoms with Crippen LogP contribution in [0.4, 0.5) is 0 Å². The number of amides is 3. The highest BCUT2D eigenvalue weighted by Gasteiger charge is 2.68. The SMILES string of the molecule is CCCCCCCCCC(=O)N[C@@H](CNC(=O)c1ccc(C)cc1)C(=O)N[C@@H](CC(C)C)B1O[C@@H]2C[C@H]3C[C@H](C3(C)C)[C@]2(C)O1. The van der Waals surface area contributed by atoms with Crippen molar-refractivity contribution < 1.29 is 23.7 Å². The van der Waals surface area contributed by atoms with Gasteiger partial charge in [0, 0.05) is 18.5 Å². The molecule has 2 bridgehead atoms. The maximum Gasteiger partial charge on any atom is 0.481 e. The molecule has 3 aliphatic carbocycles. The molecule has 1 aromatic rings. The lowest BCUT2D eigenvalue weighted by Crippen LogP contribution is -2.65. The van der Waals surface area contributed by atoms with E-state index in [0.29, 0.717) is 30.2 Å². The van der Waals surface area contributed by atoms with E-state index in [1.54, 1.807) is 12.1 Å². The van der Waals surface area contributed by atoms with E-state index >= 15 is 0 Å². The van der Waals surface area contributed by atoms with Gasteiger partial charge >= 0.3 is 7.12 Å². The van der Waals surface area contributed by atoms with Gasteiger partial charge in [-0.05, 0) is 74.8 Å². The Hall–Kier alpha value is -2.39. The second-order valence-corrected chi connectivity index (χ2v) is 15.1. The first-order valence-corrected chi connectivity index (χ1v) is 17.6. The lowest BCUT2D eigenvalue weighted by atomic mass is 9.43. The highest BCUT2D eigenvalue weighted by molar-refractivity contribution is 6.48. The molecule has 8 nitrogen and oxygen atoms in total. The topological polar surface area (TPSA) is 106 Å². The molecule has 4 fully saturated rings. The zero-order valence-corrected chi connectivity index (χ0v) is 28.9. The average molecular weight is 624 g/mol. The van der Waals surface area contributed by atoms with E-state index in [9.17, 15) is 14.4 Å². The number of unbranched alkanes of at least 4 members (excludes halogenated alkanes) is 6. The first kappa shape index (κ1) is 35.5. The van der Waals surface area contributed by atoms with Crippen LogP contribution in [0.1, 0.15) is 128 Å². The lowest BCUT2D eigenvalue weighted by molar-refractivity contribution is -0.199. The van der Waals surface area contributed by atoms with Crippen LogP contribution in [-0.4, -0.2) is 55.1 Å². The zero-order chi connectivity index (χ0) is 32.8. The van der Waals surface area contributed by atoms with E-state index in [-0.39, 0.29) is 53.2 Å². The van der Waals surface area contributed by atoms with Crippen LogP contribution in [0.2, 0.25) is 0 Å².